The predicted molar refractivity (Wildman–Crippen MR) is 110 cm³/mol. The van der Waals surface area contributed by atoms with Crippen molar-refractivity contribution in [1.82, 2.24) is 10.3 Å². The van der Waals surface area contributed by atoms with Gasteiger partial charge in [-0.25, -0.2) is 4.98 Å². The van der Waals surface area contributed by atoms with Crippen molar-refractivity contribution in [2.24, 2.45) is 0 Å². The maximum atomic E-state index is 12.3. The van der Waals surface area contributed by atoms with Crippen LogP contribution in [-0.2, 0) is 4.79 Å². The lowest BCUT2D eigenvalue weighted by Crippen LogP contribution is -2.23. The van der Waals surface area contributed by atoms with Crippen LogP contribution in [-0.4, -0.2) is 29.1 Å². The fraction of sp³-hybridized carbons (Fsp3) is 0.190. The summed E-state index contributed by atoms with van der Waals surface area (Å²) in [6.45, 7) is 4.47. The molecule has 2 N–H and O–H groups in total. The van der Waals surface area contributed by atoms with Gasteiger partial charge in [0.25, 0.3) is 5.91 Å². The second kappa shape index (κ2) is 8.68. The molecule has 0 fully saturated rings. The fourth-order valence-corrected chi connectivity index (χ4v) is 3.50. The topological polar surface area (TPSA) is 71.1 Å². The van der Waals surface area contributed by atoms with Gasteiger partial charge < -0.3 is 10.6 Å². The van der Waals surface area contributed by atoms with E-state index in [4.69, 9.17) is 0 Å². The first kappa shape index (κ1) is 18.9. The van der Waals surface area contributed by atoms with E-state index in [0.717, 1.165) is 21.5 Å². The van der Waals surface area contributed by atoms with E-state index in [1.54, 1.807) is 24.3 Å². The lowest BCUT2D eigenvalue weighted by molar-refractivity contribution is -0.113. The summed E-state index contributed by atoms with van der Waals surface area (Å²) in [7, 11) is 0. The maximum Gasteiger partial charge on any atom is 0.251 e. The van der Waals surface area contributed by atoms with Gasteiger partial charge in [0, 0.05) is 23.2 Å². The van der Waals surface area contributed by atoms with E-state index in [1.165, 1.54) is 11.8 Å². The van der Waals surface area contributed by atoms with E-state index in [0.29, 0.717) is 17.8 Å². The summed E-state index contributed by atoms with van der Waals surface area (Å²) in [6, 6.07) is 16.9. The molecule has 3 rings (SSSR count). The predicted octanol–water partition coefficient (Wildman–Crippen LogP) is 4.02. The molecule has 0 unspecified atom stereocenters. The van der Waals surface area contributed by atoms with Crippen molar-refractivity contribution in [2.45, 2.75) is 18.9 Å². The molecule has 0 aliphatic rings. The number of hydrogen-bond donors (Lipinski definition) is 2. The summed E-state index contributed by atoms with van der Waals surface area (Å²) >= 11 is 1.39. The summed E-state index contributed by atoms with van der Waals surface area (Å²) in [6.07, 6.45) is 0. The Morgan fingerprint density at radius 2 is 1.89 bits per heavy atom. The molecule has 1 aromatic heterocycles. The Bertz CT molecular complexity index is 988. The van der Waals surface area contributed by atoms with Crippen LogP contribution >= 0.6 is 11.8 Å². The number of thioether (sulfide) groups is 1. The number of nitrogens with one attached hydrogen (secondary N) is 2. The average Bonchev–Trinajstić information content (AvgIpc) is 2.67. The molecule has 0 saturated heterocycles. The molecular formula is C21H21N3O2S. The van der Waals surface area contributed by atoms with Crippen LogP contribution in [0.25, 0.3) is 10.9 Å². The Kier molecular flexibility index (Phi) is 6.08. The Morgan fingerprint density at radius 1 is 1.07 bits per heavy atom. The average molecular weight is 379 g/mol. The first-order valence-electron chi connectivity index (χ1n) is 8.74. The number of fused-ring (bicyclic) bond motifs is 1. The van der Waals surface area contributed by atoms with Gasteiger partial charge in [0.05, 0.1) is 16.3 Å². The van der Waals surface area contributed by atoms with Gasteiger partial charge in [-0.1, -0.05) is 36.0 Å². The van der Waals surface area contributed by atoms with Crippen molar-refractivity contribution in [3.8, 4) is 0 Å². The fourth-order valence-electron chi connectivity index (χ4n) is 2.73. The van der Waals surface area contributed by atoms with Crippen molar-refractivity contribution < 1.29 is 9.59 Å². The molecule has 1 heterocycles. The molecule has 5 nitrogen and oxygen atoms in total. The number of para-hydroxylation sites is 1. The summed E-state index contributed by atoms with van der Waals surface area (Å²) in [5.41, 5.74) is 3.19. The quantitative estimate of drug-likeness (QED) is 0.635. The number of carbonyl (C=O) groups excluding carboxylic acids is 2. The molecule has 3 aromatic rings. The Balaban J connectivity index is 1.63. The van der Waals surface area contributed by atoms with Gasteiger partial charge >= 0.3 is 0 Å². The number of rotatable bonds is 6. The molecule has 0 aliphatic heterocycles. The number of aromatic nitrogens is 1. The Labute approximate surface area is 162 Å². The van der Waals surface area contributed by atoms with Crippen molar-refractivity contribution in [2.75, 3.05) is 17.6 Å². The number of benzene rings is 2. The molecule has 0 bridgehead atoms. The molecule has 2 aromatic carbocycles. The molecule has 0 aliphatic carbocycles. The van der Waals surface area contributed by atoms with E-state index < -0.39 is 0 Å². The summed E-state index contributed by atoms with van der Waals surface area (Å²) < 4.78 is 0. The van der Waals surface area contributed by atoms with E-state index >= 15 is 0 Å². The standard InChI is InChI=1S/C21H21N3O2S/c1-3-22-21(26)15-7-6-8-16(12-15)23-19(25)13-27-20-11-14(2)17-9-4-5-10-18(17)24-20/h4-12H,3,13H2,1-2H3,(H,22,26)(H,23,25). The van der Waals surface area contributed by atoms with Crippen molar-refractivity contribution >= 4 is 40.2 Å². The third-order valence-electron chi connectivity index (χ3n) is 4.00. The lowest BCUT2D eigenvalue weighted by Gasteiger charge is -2.08. The van der Waals surface area contributed by atoms with Crippen LogP contribution in [0.1, 0.15) is 22.8 Å². The second-order valence-corrected chi connectivity index (χ2v) is 7.07. The van der Waals surface area contributed by atoms with Crippen molar-refractivity contribution in [3.05, 3.63) is 65.7 Å². The molecule has 2 amide bonds. The molecular weight excluding hydrogens is 358 g/mol. The molecule has 138 valence electrons. The second-order valence-electron chi connectivity index (χ2n) is 6.07. The first-order chi connectivity index (χ1) is 13.1. The number of aryl methyl sites for hydroxylation is 1. The van der Waals surface area contributed by atoms with Crippen LogP contribution < -0.4 is 10.6 Å². The highest BCUT2D eigenvalue weighted by molar-refractivity contribution is 7.99. The summed E-state index contributed by atoms with van der Waals surface area (Å²) in [5, 5.41) is 7.51. The minimum atomic E-state index is -0.154. The number of nitrogens with zero attached hydrogens (tertiary/aromatic N) is 1. The molecule has 0 radical (unpaired) electrons. The zero-order valence-electron chi connectivity index (χ0n) is 15.3. The number of anilines is 1. The molecule has 6 heteroatoms. The minimum Gasteiger partial charge on any atom is -0.352 e. The monoisotopic (exact) mass is 379 g/mol. The van der Waals surface area contributed by atoms with Crippen LogP contribution in [0.2, 0.25) is 0 Å². The number of hydrogen-bond acceptors (Lipinski definition) is 4. The van der Waals surface area contributed by atoms with Gasteiger partial charge in [-0.05, 0) is 49.7 Å². The van der Waals surface area contributed by atoms with Crippen LogP contribution in [0, 0.1) is 6.92 Å². The van der Waals surface area contributed by atoms with E-state index in [2.05, 4.69) is 15.6 Å². The minimum absolute atomic E-state index is 0.138. The van der Waals surface area contributed by atoms with Crippen molar-refractivity contribution in [3.63, 3.8) is 0 Å². The van der Waals surface area contributed by atoms with Gasteiger partial charge in [0.15, 0.2) is 0 Å². The molecule has 27 heavy (non-hydrogen) atoms. The van der Waals surface area contributed by atoms with Crippen molar-refractivity contribution in [1.29, 1.82) is 0 Å². The highest BCUT2D eigenvalue weighted by Gasteiger charge is 2.09. The van der Waals surface area contributed by atoms with Gasteiger partial charge in [-0.15, -0.1) is 0 Å². The highest BCUT2D eigenvalue weighted by Crippen LogP contribution is 2.23. The third kappa shape index (κ3) is 4.86. The number of pyridine rings is 1. The third-order valence-corrected chi connectivity index (χ3v) is 4.91. The molecule has 0 saturated carbocycles. The maximum absolute atomic E-state index is 12.3. The summed E-state index contributed by atoms with van der Waals surface area (Å²) in [5.74, 6) is -0.0460. The van der Waals surface area contributed by atoms with Gasteiger partial charge in [-0.2, -0.15) is 0 Å². The highest BCUT2D eigenvalue weighted by atomic mass is 32.2. The zero-order chi connectivity index (χ0) is 19.2. The normalized spacial score (nSPS) is 10.6. The van der Waals surface area contributed by atoms with Gasteiger partial charge in [0.1, 0.15) is 0 Å². The van der Waals surface area contributed by atoms with E-state index in [1.807, 2.05) is 44.2 Å². The number of carbonyl (C=O) groups is 2. The van der Waals surface area contributed by atoms with E-state index in [-0.39, 0.29) is 17.6 Å². The van der Waals surface area contributed by atoms with Crippen LogP contribution in [0.4, 0.5) is 5.69 Å². The Morgan fingerprint density at radius 3 is 2.70 bits per heavy atom. The molecule has 0 spiro atoms. The molecule has 0 atom stereocenters. The summed E-state index contributed by atoms with van der Waals surface area (Å²) in [4.78, 5) is 28.8. The largest absolute Gasteiger partial charge is 0.352 e. The van der Waals surface area contributed by atoms with E-state index in [9.17, 15) is 9.59 Å². The van der Waals surface area contributed by atoms with Gasteiger partial charge in [0.2, 0.25) is 5.91 Å². The number of amides is 2. The first-order valence-corrected chi connectivity index (χ1v) is 9.72. The van der Waals surface area contributed by atoms with Crippen LogP contribution in [0.15, 0.2) is 59.6 Å². The Hall–Kier alpha value is -2.86. The SMILES string of the molecule is CCNC(=O)c1cccc(NC(=O)CSc2cc(C)c3ccccc3n2)c1. The van der Waals surface area contributed by atoms with Crippen LogP contribution in [0.3, 0.4) is 0 Å². The zero-order valence-corrected chi connectivity index (χ0v) is 16.1. The van der Waals surface area contributed by atoms with Crippen LogP contribution in [0.5, 0.6) is 0 Å². The smallest absolute Gasteiger partial charge is 0.251 e. The van der Waals surface area contributed by atoms with Gasteiger partial charge in [-0.3, -0.25) is 9.59 Å². The lowest BCUT2D eigenvalue weighted by atomic mass is 10.1.